The van der Waals surface area contributed by atoms with Gasteiger partial charge in [0.05, 0.1) is 17.2 Å². The van der Waals surface area contributed by atoms with Crippen molar-refractivity contribution < 1.29 is 18.5 Å². The maximum atomic E-state index is 12.2. The van der Waals surface area contributed by atoms with E-state index in [1.807, 2.05) is 23.1 Å². The van der Waals surface area contributed by atoms with Gasteiger partial charge in [0.15, 0.2) is 5.75 Å². The smallest absolute Gasteiger partial charge is 0.248 e. The predicted molar refractivity (Wildman–Crippen MR) is 111 cm³/mol. The van der Waals surface area contributed by atoms with E-state index >= 15 is 0 Å². The summed E-state index contributed by atoms with van der Waals surface area (Å²) in [5, 5.41) is 5.70. The maximum absolute atomic E-state index is 12.2. The fraction of sp³-hybridized carbons (Fsp3) is 0.350. The van der Waals surface area contributed by atoms with Crippen molar-refractivity contribution in [2.24, 2.45) is 10.9 Å². The number of nitrogens with two attached hydrogens (primary N) is 2. The molecule has 0 fully saturated rings. The summed E-state index contributed by atoms with van der Waals surface area (Å²) in [5.41, 5.74) is 6.33. The first kappa shape index (κ1) is 21.9. The average molecular weight is 406 g/mol. The summed E-state index contributed by atoms with van der Waals surface area (Å²) >= 11 is 0. The van der Waals surface area contributed by atoms with Crippen LogP contribution in [0.2, 0.25) is 0 Å². The lowest BCUT2D eigenvalue weighted by molar-refractivity contribution is 0.1000. The topological polar surface area (TPSA) is 108 Å². The van der Waals surface area contributed by atoms with Crippen molar-refractivity contribution in [3.05, 3.63) is 48.0 Å². The minimum Gasteiger partial charge on any atom is -0.454 e. The molecule has 1 unspecified atom stereocenters. The van der Waals surface area contributed by atoms with E-state index < -0.39 is 16.9 Å². The molecule has 7 nitrogen and oxygen atoms in total. The highest BCUT2D eigenvalue weighted by Crippen LogP contribution is 2.38. The van der Waals surface area contributed by atoms with Crippen LogP contribution in [0.3, 0.4) is 0 Å². The van der Waals surface area contributed by atoms with Gasteiger partial charge in [-0.1, -0.05) is 31.5 Å². The van der Waals surface area contributed by atoms with Gasteiger partial charge < -0.3 is 20.1 Å². The van der Waals surface area contributed by atoms with Gasteiger partial charge in [-0.25, -0.2) is 9.35 Å². The Labute approximate surface area is 168 Å². The van der Waals surface area contributed by atoms with Crippen molar-refractivity contribution >= 4 is 22.6 Å². The molecule has 0 saturated heterocycles. The Morgan fingerprint density at radius 2 is 1.89 bits per heavy atom. The monoisotopic (exact) mass is 405 g/mol. The van der Waals surface area contributed by atoms with Crippen molar-refractivity contribution in [2.45, 2.75) is 24.7 Å². The molecule has 28 heavy (non-hydrogen) atoms. The summed E-state index contributed by atoms with van der Waals surface area (Å²) in [6.07, 6.45) is 1.92. The first-order chi connectivity index (χ1) is 13.5. The molecule has 0 spiro atoms. The van der Waals surface area contributed by atoms with Gasteiger partial charge in [0.25, 0.3) is 0 Å². The Morgan fingerprint density at radius 1 is 1.18 bits per heavy atom. The van der Waals surface area contributed by atoms with Crippen LogP contribution in [-0.2, 0) is 15.7 Å². The summed E-state index contributed by atoms with van der Waals surface area (Å²) in [4.78, 5) is 14.1. The summed E-state index contributed by atoms with van der Waals surface area (Å²) < 4.78 is 23.5. The number of ether oxygens (including phenoxy) is 2. The lowest BCUT2D eigenvalue weighted by atomic mass is 10.1. The van der Waals surface area contributed by atoms with Crippen molar-refractivity contribution in [3.63, 3.8) is 0 Å². The number of hydrogen-bond acceptors (Lipinski definition) is 5. The third kappa shape index (κ3) is 5.79. The minimum atomic E-state index is -1.87. The zero-order valence-electron chi connectivity index (χ0n) is 16.2. The number of carbonyl (C=O) groups is 1. The van der Waals surface area contributed by atoms with Crippen LogP contribution >= 0.6 is 0 Å². The standard InChI is InChI=1S/C20H27N3O4S/c1-3-4-10-23(11-12-26-2)17-13-15(20(21)24)14-18(28(22)25)19(17)27-16-8-6-5-7-9-16/h5-9,13-14H,3-4,10-12,22H2,1-2H3,(H2,21,24). The quantitative estimate of drug-likeness (QED) is 0.598. The highest BCUT2D eigenvalue weighted by molar-refractivity contribution is 7.82. The number of amides is 1. The van der Waals surface area contributed by atoms with E-state index in [1.54, 1.807) is 25.3 Å². The highest BCUT2D eigenvalue weighted by atomic mass is 32.2. The maximum Gasteiger partial charge on any atom is 0.248 e. The second-order valence-electron chi connectivity index (χ2n) is 6.23. The number of nitrogens with zero attached hydrogens (tertiary/aromatic N) is 1. The number of methoxy groups -OCH3 is 1. The number of carbonyl (C=O) groups excluding carboxylic acids is 1. The third-order valence-corrected chi connectivity index (χ3v) is 4.92. The molecule has 152 valence electrons. The summed E-state index contributed by atoms with van der Waals surface area (Å²) in [5.74, 6) is 0.301. The van der Waals surface area contributed by atoms with Crippen molar-refractivity contribution in [2.75, 3.05) is 31.7 Å². The van der Waals surface area contributed by atoms with Crippen LogP contribution in [0.4, 0.5) is 5.69 Å². The van der Waals surface area contributed by atoms with Crippen LogP contribution in [-0.4, -0.2) is 36.9 Å². The normalized spacial score (nSPS) is 11.8. The van der Waals surface area contributed by atoms with Crippen LogP contribution in [0, 0.1) is 0 Å². The van der Waals surface area contributed by atoms with Gasteiger partial charge in [0, 0.05) is 25.8 Å². The highest BCUT2D eigenvalue weighted by Gasteiger charge is 2.22. The first-order valence-corrected chi connectivity index (χ1v) is 10.3. The van der Waals surface area contributed by atoms with Gasteiger partial charge in [0.2, 0.25) is 5.91 Å². The average Bonchev–Trinajstić information content (AvgIpc) is 2.69. The van der Waals surface area contributed by atoms with Gasteiger partial charge in [-0.3, -0.25) is 4.79 Å². The van der Waals surface area contributed by atoms with E-state index in [0.29, 0.717) is 36.9 Å². The number of unbranched alkanes of at least 4 members (excludes halogenated alkanes) is 1. The summed E-state index contributed by atoms with van der Waals surface area (Å²) in [7, 11) is -0.245. The Morgan fingerprint density at radius 3 is 2.46 bits per heavy atom. The molecule has 0 bridgehead atoms. The number of anilines is 1. The second kappa shape index (κ2) is 10.8. The van der Waals surface area contributed by atoms with E-state index in [4.69, 9.17) is 20.3 Å². The number of rotatable bonds is 11. The van der Waals surface area contributed by atoms with Crippen LogP contribution in [0.5, 0.6) is 11.5 Å². The number of primary amides is 1. The predicted octanol–water partition coefficient (Wildman–Crippen LogP) is 2.81. The Balaban J connectivity index is 2.62. The molecule has 0 aliphatic rings. The SMILES string of the molecule is CCCCN(CCOC)c1cc(C(N)=O)cc(S(N)=O)c1Oc1ccccc1. The Hall–Kier alpha value is -2.42. The molecular weight excluding hydrogens is 378 g/mol. The molecule has 2 aromatic carbocycles. The van der Waals surface area contributed by atoms with Gasteiger partial charge in [-0.05, 0) is 30.7 Å². The molecule has 0 heterocycles. The first-order valence-electron chi connectivity index (χ1n) is 9.08. The summed E-state index contributed by atoms with van der Waals surface area (Å²) in [6, 6.07) is 12.2. The fourth-order valence-corrected chi connectivity index (χ4v) is 3.30. The Bertz CT molecular complexity index is 807. The minimum absolute atomic E-state index is 0.217. The zero-order chi connectivity index (χ0) is 20.5. The lowest BCUT2D eigenvalue weighted by Gasteiger charge is -2.28. The van der Waals surface area contributed by atoms with Crippen LogP contribution < -0.4 is 20.5 Å². The second-order valence-corrected chi connectivity index (χ2v) is 7.27. The van der Waals surface area contributed by atoms with Crippen molar-refractivity contribution in [1.29, 1.82) is 0 Å². The van der Waals surface area contributed by atoms with E-state index in [9.17, 15) is 9.00 Å². The van der Waals surface area contributed by atoms with Gasteiger partial charge >= 0.3 is 0 Å². The molecule has 1 amide bonds. The molecule has 0 saturated carbocycles. The van der Waals surface area contributed by atoms with Gasteiger partial charge in [0.1, 0.15) is 16.7 Å². The van der Waals surface area contributed by atoms with Crippen molar-refractivity contribution in [1.82, 2.24) is 0 Å². The molecule has 2 aromatic rings. The van der Waals surface area contributed by atoms with Crippen LogP contribution in [0.1, 0.15) is 30.1 Å². The summed E-state index contributed by atoms with van der Waals surface area (Å²) in [6.45, 7) is 3.86. The lowest BCUT2D eigenvalue weighted by Crippen LogP contribution is -2.29. The van der Waals surface area contributed by atoms with Crippen LogP contribution in [0.25, 0.3) is 0 Å². The molecule has 8 heteroatoms. The zero-order valence-corrected chi connectivity index (χ0v) is 17.0. The van der Waals surface area contributed by atoms with Gasteiger partial charge in [-0.2, -0.15) is 0 Å². The van der Waals surface area contributed by atoms with E-state index in [1.165, 1.54) is 6.07 Å². The van der Waals surface area contributed by atoms with E-state index in [-0.39, 0.29) is 10.5 Å². The number of benzene rings is 2. The number of para-hydroxylation sites is 1. The molecule has 0 aliphatic carbocycles. The van der Waals surface area contributed by atoms with E-state index in [0.717, 1.165) is 12.8 Å². The van der Waals surface area contributed by atoms with E-state index in [2.05, 4.69) is 6.92 Å². The third-order valence-electron chi connectivity index (χ3n) is 4.19. The molecular formula is C20H27N3O4S. The molecule has 0 radical (unpaired) electrons. The molecule has 1 atom stereocenters. The van der Waals surface area contributed by atoms with Crippen LogP contribution in [0.15, 0.2) is 47.4 Å². The fourth-order valence-electron chi connectivity index (χ4n) is 2.73. The Kier molecular flexibility index (Phi) is 8.43. The van der Waals surface area contributed by atoms with Crippen molar-refractivity contribution in [3.8, 4) is 11.5 Å². The molecule has 0 aromatic heterocycles. The molecule has 2 rings (SSSR count). The number of hydrogen-bond donors (Lipinski definition) is 2. The molecule has 0 aliphatic heterocycles. The molecule has 4 N–H and O–H groups in total. The largest absolute Gasteiger partial charge is 0.454 e. The van der Waals surface area contributed by atoms with Gasteiger partial charge in [-0.15, -0.1) is 0 Å².